The summed E-state index contributed by atoms with van der Waals surface area (Å²) in [5.74, 6) is 1.41. The molecule has 0 spiro atoms. The molecule has 0 bridgehead atoms. The van der Waals surface area contributed by atoms with Crippen molar-refractivity contribution in [2.24, 2.45) is 0 Å². The predicted molar refractivity (Wildman–Crippen MR) is 97.3 cm³/mol. The molecule has 26 heavy (non-hydrogen) atoms. The van der Waals surface area contributed by atoms with E-state index in [0.717, 1.165) is 18.6 Å². The highest BCUT2D eigenvalue weighted by Gasteiger charge is 2.26. The minimum Gasteiger partial charge on any atom is -0.486 e. The minimum absolute atomic E-state index is 0.0170. The number of amides is 2. The lowest BCUT2D eigenvalue weighted by molar-refractivity contribution is -0.134. The van der Waals surface area contributed by atoms with Gasteiger partial charge in [-0.2, -0.15) is 0 Å². The number of likely N-dealkylation sites (N-methyl/N-ethyl adjacent to an activating group) is 2. The summed E-state index contributed by atoms with van der Waals surface area (Å²) in [5, 5.41) is 2.93. The van der Waals surface area contributed by atoms with Crippen molar-refractivity contribution in [1.82, 2.24) is 15.1 Å². The first-order valence-electron chi connectivity index (χ1n) is 9.19. The molecule has 1 aliphatic heterocycles. The standard InChI is InChI=1S/C19H27N3O4/c1-3-22(10-15-13-25-16-6-4-5-7-17(16)26-15)19(24)12-21(2)11-18(23)20-14-8-9-14/h4-7,14-15H,3,8-13H2,1-2H3,(H,20,23)/t15-/m1/s1. The van der Waals surface area contributed by atoms with Crippen LogP contribution in [0.4, 0.5) is 0 Å². The Balaban J connectivity index is 1.46. The number of nitrogens with zero attached hydrogens (tertiary/aromatic N) is 2. The molecule has 2 aliphatic rings. The first kappa shape index (κ1) is 18.5. The van der Waals surface area contributed by atoms with E-state index in [2.05, 4.69) is 5.32 Å². The lowest BCUT2D eigenvalue weighted by Crippen LogP contribution is -2.47. The molecule has 1 atom stereocenters. The first-order chi connectivity index (χ1) is 12.5. The van der Waals surface area contributed by atoms with E-state index >= 15 is 0 Å². The van der Waals surface area contributed by atoms with Crippen molar-refractivity contribution >= 4 is 11.8 Å². The largest absolute Gasteiger partial charge is 0.486 e. The molecule has 0 unspecified atom stereocenters. The molecule has 0 aromatic heterocycles. The zero-order chi connectivity index (χ0) is 18.5. The molecule has 1 aromatic rings. The third-order valence-corrected chi connectivity index (χ3v) is 4.49. The summed E-state index contributed by atoms with van der Waals surface area (Å²) in [6, 6.07) is 7.88. The van der Waals surface area contributed by atoms with Crippen LogP contribution in [0.25, 0.3) is 0 Å². The van der Waals surface area contributed by atoms with Crippen LogP contribution in [0.3, 0.4) is 0 Å². The number of carbonyl (C=O) groups excluding carboxylic acids is 2. The molecule has 1 saturated carbocycles. The van der Waals surface area contributed by atoms with Gasteiger partial charge in [-0.3, -0.25) is 14.5 Å². The van der Waals surface area contributed by atoms with Crippen LogP contribution in [-0.4, -0.2) is 73.6 Å². The Bertz CT molecular complexity index is 647. The summed E-state index contributed by atoms with van der Waals surface area (Å²) in [7, 11) is 1.79. The monoisotopic (exact) mass is 361 g/mol. The van der Waals surface area contributed by atoms with Crippen LogP contribution in [-0.2, 0) is 9.59 Å². The lowest BCUT2D eigenvalue weighted by Gasteiger charge is -2.31. The fourth-order valence-corrected chi connectivity index (χ4v) is 2.94. The Kier molecular flexibility index (Phi) is 5.98. The highest BCUT2D eigenvalue weighted by molar-refractivity contribution is 5.81. The van der Waals surface area contributed by atoms with Gasteiger partial charge in [-0.15, -0.1) is 0 Å². The SMILES string of the molecule is CCN(C[C@@H]1COc2ccccc2O1)C(=O)CN(C)CC(=O)NC1CC1. The first-order valence-corrected chi connectivity index (χ1v) is 9.19. The van der Waals surface area contributed by atoms with Gasteiger partial charge in [-0.05, 0) is 38.9 Å². The Morgan fingerprint density at radius 1 is 1.19 bits per heavy atom. The van der Waals surface area contributed by atoms with Crippen molar-refractivity contribution < 1.29 is 19.1 Å². The number of para-hydroxylation sites is 2. The van der Waals surface area contributed by atoms with Crippen LogP contribution >= 0.6 is 0 Å². The van der Waals surface area contributed by atoms with Gasteiger partial charge < -0.3 is 19.7 Å². The van der Waals surface area contributed by atoms with Crippen molar-refractivity contribution in [1.29, 1.82) is 0 Å². The molecule has 7 heteroatoms. The molecule has 1 N–H and O–H groups in total. The lowest BCUT2D eigenvalue weighted by atomic mass is 10.2. The van der Waals surface area contributed by atoms with Crippen molar-refractivity contribution in [2.75, 3.05) is 39.8 Å². The minimum atomic E-state index is -0.197. The van der Waals surface area contributed by atoms with Crippen molar-refractivity contribution in [2.45, 2.75) is 31.9 Å². The number of nitrogens with one attached hydrogen (secondary N) is 1. The Morgan fingerprint density at radius 3 is 2.62 bits per heavy atom. The van der Waals surface area contributed by atoms with Gasteiger partial charge in [0.05, 0.1) is 19.6 Å². The summed E-state index contributed by atoms with van der Waals surface area (Å²) in [6.45, 7) is 3.84. The van der Waals surface area contributed by atoms with E-state index in [4.69, 9.17) is 9.47 Å². The van der Waals surface area contributed by atoms with Crippen LogP contribution in [0.1, 0.15) is 19.8 Å². The summed E-state index contributed by atoms with van der Waals surface area (Å²) in [5.41, 5.74) is 0. The van der Waals surface area contributed by atoms with Crippen LogP contribution in [0.5, 0.6) is 11.5 Å². The average molecular weight is 361 g/mol. The second kappa shape index (κ2) is 8.40. The normalized spacial score (nSPS) is 18.5. The average Bonchev–Trinajstić information content (AvgIpc) is 3.42. The molecule has 1 aliphatic carbocycles. The van der Waals surface area contributed by atoms with Gasteiger partial charge in [0.15, 0.2) is 17.6 Å². The molecular weight excluding hydrogens is 334 g/mol. The van der Waals surface area contributed by atoms with Crippen LogP contribution in [0.15, 0.2) is 24.3 Å². The summed E-state index contributed by atoms with van der Waals surface area (Å²) in [4.78, 5) is 27.9. The fourth-order valence-electron chi connectivity index (χ4n) is 2.94. The van der Waals surface area contributed by atoms with Gasteiger partial charge in [-0.1, -0.05) is 12.1 Å². The number of hydrogen-bond acceptors (Lipinski definition) is 5. The molecule has 1 heterocycles. The molecular formula is C19H27N3O4. The number of benzene rings is 1. The zero-order valence-corrected chi connectivity index (χ0v) is 15.4. The Hall–Kier alpha value is -2.28. The predicted octanol–water partition coefficient (Wildman–Crippen LogP) is 0.885. The molecule has 0 radical (unpaired) electrons. The second-order valence-corrected chi connectivity index (χ2v) is 6.94. The van der Waals surface area contributed by atoms with E-state index in [0.29, 0.717) is 31.5 Å². The quantitative estimate of drug-likeness (QED) is 0.744. The summed E-state index contributed by atoms with van der Waals surface area (Å²) >= 11 is 0. The Labute approximate surface area is 154 Å². The van der Waals surface area contributed by atoms with E-state index in [1.165, 1.54) is 0 Å². The maximum absolute atomic E-state index is 12.6. The molecule has 2 amide bonds. The van der Waals surface area contributed by atoms with Crippen LogP contribution < -0.4 is 14.8 Å². The number of fused-ring (bicyclic) bond motifs is 1. The van der Waals surface area contributed by atoms with Gasteiger partial charge in [0, 0.05) is 12.6 Å². The van der Waals surface area contributed by atoms with E-state index in [1.54, 1.807) is 16.8 Å². The Morgan fingerprint density at radius 2 is 1.92 bits per heavy atom. The number of carbonyl (C=O) groups is 2. The smallest absolute Gasteiger partial charge is 0.236 e. The van der Waals surface area contributed by atoms with E-state index < -0.39 is 0 Å². The molecule has 3 rings (SSSR count). The second-order valence-electron chi connectivity index (χ2n) is 6.94. The third-order valence-electron chi connectivity index (χ3n) is 4.49. The maximum atomic E-state index is 12.6. The molecule has 0 saturated heterocycles. The highest BCUT2D eigenvalue weighted by atomic mass is 16.6. The van der Waals surface area contributed by atoms with Gasteiger partial charge in [0.1, 0.15) is 6.61 Å². The topological polar surface area (TPSA) is 71.1 Å². The summed E-state index contributed by atoms with van der Waals surface area (Å²) in [6.07, 6.45) is 1.92. The maximum Gasteiger partial charge on any atom is 0.236 e. The molecule has 1 fully saturated rings. The van der Waals surface area contributed by atoms with Crippen molar-refractivity contribution in [3.63, 3.8) is 0 Å². The molecule has 7 nitrogen and oxygen atoms in total. The van der Waals surface area contributed by atoms with Crippen LogP contribution in [0.2, 0.25) is 0 Å². The molecule has 142 valence electrons. The zero-order valence-electron chi connectivity index (χ0n) is 15.4. The van der Waals surface area contributed by atoms with E-state index in [9.17, 15) is 9.59 Å². The molecule has 1 aromatic carbocycles. The number of ether oxygens (including phenoxy) is 2. The van der Waals surface area contributed by atoms with Gasteiger partial charge in [-0.25, -0.2) is 0 Å². The van der Waals surface area contributed by atoms with Crippen molar-refractivity contribution in [3.05, 3.63) is 24.3 Å². The number of rotatable bonds is 8. The van der Waals surface area contributed by atoms with Crippen molar-refractivity contribution in [3.8, 4) is 11.5 Å². The van der Waals surface area contributed by atoms with E-state index in [1.807, 2.05) is 31.2 Å². The van der Waals surface area contributed by atoms with Gasteiger partial charge in [0.25, 0.3) is 0 Å². The van der Waals surface area contributed by atoms with Gasteiger partial charge in [0.2, 0.25) is 11.8 Å². The van der Waals surface area contributed by atoms with E-state index in [-0.39, 0.29) is 31.0 Å². The third kappa shape index (κ3) is 5.11. The van der Waals surface area contributed by atoms with Gasteiger partial charge >= 0.3 is 0 Å². The summed E-state index contributed by atoms with van der Waals surface area (Å²) < 4.78 is 11.6. The fraction of sp³-hybridized carbons (Fsp3) is 0.579. The van der Waals surface area contributed by atoms with Crippen LogP contribution in [0, 0.1) is 0 Å². The highest BCUT2D eigenvalue weighted by Crippen LogP contribution is 2.31. The number of hydrogen-bond donors (Lipinski definition) is 1.